The molecule has 2 aromatic carbocycles. The molecule has 0 aliphatic rings. The highest BCUT2D eigenvalue weighted by atomic mass is 79.9. The molecule has 1 heterocycles. The molecule has 0 N–H and O–H groups in total. The zero-order chi connectivity index (χ0) is 17.1. The first-order valence-electron chi connectivity index (χ1n) is 7.00. The van der Waals surface area contributed by atoms with E-state index in [1.54, 1.807) is 24.3 Å². The van der Waals surface area contributed by atoms with Gasteiger partial charge >= 0.3 is 0 Å². The molecule has 0 radical (unpaired) electrons. The monoisotopic (exact) mass is 417 g/mol. The molecule has 118 valence electrons. The van der Waals surface area contributed by atoms with Crippen LogP contribution in [0.4, 0.5) is 0 Å². The fraction of sp³-hybridized carbons (Fsp3) is 0. The van der Waals surface area contributed by atoms with E-state index in [2.05, 4.69) is 22.0 Å². The molecule has 0 saturated carbocycles. The number of halogens is 3. The number of furan rings is 1. The minimum Gasteiger partial charge on any atom is -0.457 e. The van der Waals surface area contributed by atoms with Gasteiger partial charge in [0.2, 0.25) is 0 Å². The lowest BCUT2D eigenvalue weighted by Gasteiger charge is -2.02. The molecule has 2 nitrogen and oxygen atoms in total. The van der Waals surface area contributed by atoms with Gasteiger partial charge in [0.1, 0.15) is 11.5 Å². The van der Waals surface area contributed by atoms with Crippen LogP contribution in [-0.4, -0.2) is 0 Å². The molecule has 0 fully saturated rings. The molecule has 0 aliphatic heterocycles. The van der Waals surface area contributed by atoms with Crippen LogP contribution < -0.4 is 0 Å². The molecule has 5 heteroatoms. The number of benzene rings is 2. The Labute approximate surface area is 158 Å². The Bertz CT molecular complexity index is 952. The molecular formula is C19H10BrCl2NO. The number of rotatable bonds is 3. The van der Waals surface area contributed by atoms with Gasteiger partial charge < -0.3 is 4.42 Å². The van der Waals surface area contributed by atoms with Gasteiger partial charge in [-0.25, -0.2) is 0 Å². The predicted octanol–water partition coefficient (Wildman–Crippen LogP) is 7.08. The van der Waals surface area contributed by atoms with E-state index in [4.69, 9.17) is 27.6 Å². The van der Waals surface area contributed by atoms with Crippen molar-refractivity contribution in [3.63, 3.8) is 0 Å². The average molecular weight is 419 g/mol. The number of nitrogens with zero attached hydrogens (tertiary/aromatic N) is 1. The lowest BCUT2D eigenvalue weighted by molar-refractivity contribution is 0.572. The summed E-state index contributed by atoms with van der Waals surface area (Å²) in [6, 6.07) is 18.7. The highest BCUT2D eigenvalue weighted by Gasteiger charge is 2.11. The highest BCUT2D eigenvalue weighted by molar-refractivity contribution is 9.10. The van der Waals surface area contributed by atoms with Crippen LogP contribution in [0.15, 0.2) is 63.5 Å². The van der Waals surface area contributed by atoms with E-state index in [0.29, 0.717) is 32.7 Å². The fourth-order valence-electron chi connectivity index (χ4n) is 2.22. The molecule has 0 atom stereocenters. The van der Waals surface area contributed by atoms with Crippen LogP contribution in [0.1, 0.15) is 11.3 Å². The fourth-order valence-corrected chi connectivity index (χ4v) is 2.88. The first kappa shape index (κ1) is 16.9. The van der Waals surface area contributed by atoms with E-state index in [0.717, 1.165) is 10.0 Å². The Kier molecular flexibility index (Phi) is 5.11. The molecule has 0 saturated heterocycles. The van der Waals surface area contributed by atoms with E-state index < -0.39 is 0 Å². The maximum absolute atomic E-state index is 9.40. The molecule has 0 spiro atoms. The Morgan fingerprint density at radius 3 is 2.50 bits per heavy atom. The van der Waals surface area contributed by atoms with Crippen molar-refractivity contribution in [2.24, 2.45) is 0 Å². The van der Waals surface area contributed by atoms with Crippen molar-refractivity contribution < 1.29 is 4.42 Å². The van der Waals surface area contributed by atoms with Crippen molar-refractivity contribution in [2.75, 3.05) is 0 Å². The SMILES string of the molecule is N#C/C(=C/c1ccc(-c2cccc(Cl)c2Cl)o1)c1ccc(Br)cc1. The molecule has 3 rings (SSSR count). The van der Waals surface area contributed by atoms with E-state index >= 15 is 0 Å². The summed E-state index contributed by atoms with van der Waals surface area (Å²) in [5, 5.41) is 10.3. The van der Waals surface area contributed by atoms with Crippen molar-refractivity contribution in [1.29, 1.82) is 5.26 Å². The van der Waals surface area contributed by atoms with Gasteiger partial charge in [0.15, 0.2) is 0 Å². The molecule has 0 aliphatic carbocycles. The Balaban J connectivity index is 1.96. The second kappa shape index (κ2) is 7.27. The quantitative estimate of drug-likeness (QED) is 0.426. The lowest BCUT2D eigenvalue weighted by Crippen LogP contribution is -1.81. The van der Waals surface area contributed by atoms with Gasteiger partial charge in [0.25, 0.3) is 0 Å². The minimum atomic E-state index is 0.442. The summed E-state index contributed by atoms with van der Waals surface area (Å²) in [7, 11) is 0. The predicted molar refractivity (Wildman–Crippen MR) is 102 cm³/mol. The van der Waals surface area contributed by atoms with Gasteiger partial charge in [-0.1, -0.05) is 57.3 Å². The van der Waals surface area contributed by atoms with Crippen LogP contribution in [0.5, 0.6) is 0 Å². The highest BCUT2D eigenvalue weighted by Crippen LogP contribution is 2.34. The van der Waals surface area contributed by atoms with Crippen molar-refractivity contribution in [3.05, 3.63) is 80.4 Å². The maximum Gasteiger partial charge on any atom is 0.136 e. The van der Waals surface area contributed by atoms with Crippen molar-refractivity contribution in [3.8, 4) is 17.4 Å². The zero-order valence-corrected chi connectivity index (χ0v) is 15.4. The van der Waals surface area contributed by atoms with Crippen LogP contribution in [0.3, 0.4) is 0 Å². The Morgan fingerprint density at radius 1 is 1.04 bits per heavy atom. The van der Waals surface area contributed by atoms with E-state index in [9.17, 15) is 5.26 Å². The molecular weight excluding hydrogens is 409 g/mol. The normalized spacial score (nSPS) is 11.3. The van der Waals surface area contributed by atoms with Crippen molar-refractivity contribution in [2.45, 2.75) is 0 Å². The third kappa shape index (κ3) is 3.57. The topological polar surface area (TPSA) is 36.9 Å². The van der Waals surface area contributed by atoms with Gasteiger partial charge in [0, 0.05) is 10.0 Å². The van der Waals surface area contributed by atoms with Crippen LogP contribution in [-0.2, 0) is 0 Å². The molecule has 0 amide bonds. The second-order valence-electron chi connectivity index (χ2n) is 4.98. The minimum absolute atomic E-state index is 0.442. The van der Waals surface area contributed by atoms with Gasteiger partial charge in [-0.15, -0.1) is 0 Å². The van der Waals surface area contributed by atoms with Gasteiger partial charge in [0.05, 0.1) is 21.7 Å². The first-order valence-corrected chi connectivity index (χ1v) is 8.55. The summed E-state index contributed by atoms with van der Waals surface area (Å²) in [6.07, 6.45) is 1.70. The summed E-state index contributed by atoms with van der Waals surface area (Å²) in [6.45, 7) is 0. The number of hydrogen-bond acceptors (Lipinski definition) is 2. The van der Waals surface area contributed by atoms with Crippen molar-refractivity contribution >= 4 is 50.8 Å². The Hall–Kier alpha value is -1.99. The Morgan fingerprint density at radius 2 is 1.79 bits per heavy atom. The molecule has 0 unspecified atom stereocenters. The summed E-state index contributed by atoms with van der Waals surface area (Å²) in [5.74, 6) is 1.17. The average Bonchev–Trinajstić information content (AvgIpc) is 3.04. The third-order valence-corrected chi connectivity index (χ3v) is 4.75. The van der Waals surface area contributed by atoms with Crippen LogP contribution in [0.25, 0.3) is 23.0 Å². The summed E-state index contributed by atoms with van der Waals surface area (Å²) in [5.41, 5.74) is 2.05. The van der Waals surface area contributed by atoms with Gasteiger partial charge in [-0.2, -0.15) is 5.26 Å². The molecule has 24 heavy (non-hydrogen) atoms. The summed E-state index contributed by atoms with van der Waals surface area (Å²) < 4.78 is 6.76. The standard InChI is InChI=1S/C19H10BrCl2NO/c20-14-6-4-12(5-7-14)13(11-23)10-15-8-9-18(24-15)16-2-1-3-17(21)19(16)22/h1-10H/b13-10-. The summed E-state index contributed by atoms with van der Waals surface area (Å²) in [4.78, 5) is 0. The van der Waals surface area contributed by atoms with Crippen molar-refractivity contribution in [1.82, 2.24) is 0 Å². The van der Waals surface area contributed by atoms with E-state index in [1.807, 2.05) is 36.4 Å². The number of hydrogen-bond donors (Lipinski definition) is 0. The second-order valence-corrected chi connectivity index (χ2v) is 6.68. The van der Waals surface area contributed by atoms with E-state index in [-0.39, 0.29) is 0 Å². The summed E-state index contributed by atoms with van der Waals surface area (Å²) >= 11 is 15.6. The first-order chi connectivity index (χ1) is 11.6. The number of allylic oxidation sites excluding steroid dienone is 1. The zero-order valence-electron chi connectivity index (χ0n) is 12.3. The van der Waals surface area contributed by atoms with Crippen LogP contribution in [0, 0.1) is 11.3 Å². The number of nitriles is 1. The largest absolute Gasteiger partial charge is 0.457 e. The lowest BCUT2D eigenvalue weighted by atomic mass is 10.1. The van der Waals surface area contributed by atoms with Gasteiger partial charge in [-0.3, -0.25) is 0 Å². The van der Waals surface area contributed by atoms with Crippen LogP contribution >= 0.6 is 39.1 Å². The molecule has 3 aromatic rings. The maximum atomic E-state index is 9.40. The van der Waals surface area contributed by atoms with Gasteiger partial charge in [-0.05, 0) is 48.0 Å². The molecule has 0 bridgehead atoms. The van der Waals surface area contributed by atoms with E-state index in [1.165, 1.54) is 0 Å². The van der Waals surface area contributed by atoms with Crippen LogP contribution in [0.2, 0.25) is 10.0 Å². The molecule has 1 aromatic heterocycles. The smallest absolute Gasteiger partial charge is 0.136 e. The third-order valence-electron chi connectivity index (χ3n) is 3.41.